The Hall–Kier alpha value is -2.67. The van der Waals surface area contributed by atoms with Crippen LogP contribution in [0.1, 0.15) is 30.3 Å². The van der Waals surface area contributed by atoms with Crippen LogP contribution < -0.4 is 15.1 Å². The van der Waals surface area contributed by atoms with Gasteiger partial charge in [0.25, 0.3) is 5.91 Å². The molecule has 1 aromatic heterocycles. The average Bonchev–Trinajstić information content (AvgIpc) is 2.75. The van der Waals surface area contributed by atoms with E-state index in [1.54, 1.807) is 12.4 Å². The number of morpholine rings is 1. The summed E-state index contributed by atoms with van der Waals surface area (Å²) < 4.78 is 5.43. The van der Waals surface area contributed by atoms with Crippen LogP contribution in [0, 0.1) is 5.92 Å². The summed E-state index contributed by atoms with van der Waals surface area (Å²) in [5.74, 6) is 1.37. The van der Waals surface area contributed by atoms with Crippen LogP contribution in [0.4, 0.5) is 17.2 Å². The highest BCUT2D eigenvalue weighted by Crippen LogP contribution is 2.27. The molecule has 1 N–H and O–H groups in total. The molecule has 0 spiro atoms. The fraction of sp³-hybridized carbons (Fsp3) is 0.476. The lowest BCUT2D eigenvalue weighted by Crippen LogP contribution is -2.36. The molecule has 0 radical (unpaired) electrons. The number of benzene rings is 1. The summed E-state index contributed by atoms with van der Waals surface area (Å²) in [6, 6.07) is 7.84. The molecule has 0 aliphatic carbocycles. The van der Waals surface area contributed by atoms with E-state index in [9.17, 15) is 4.79 Å². The number of amides is 1. The van der Waals surface area contributed by atoms with Gasteiger partial charge in [0, 0.05) is 26.2 Å². The summed E-state index contributed by atoms with van der Waals surface area (Å²) in [4.78, 5) is 26.0. The van der Waals surface area contributed by atoms with Gasteiger partial charge in [0.2, 0.25) is 0 Å². The highest BCUT2D eigenvalue weighted by Gasteiger charge is 2.19. The highest BCUT2D eigenvalue weighted by atomic mass is 16.5. The molecule has 28 heavy (non-hydrogen) atoms. The van der Waals surface area contributed by atoms with E-state index in [0.717, 1.165) is 49.3 Å². The number of piperidine rings is 1. The van der Waals surface area contributed by atoms with E-state index in [-0.39, 0.29) is 5.91 Å². The number of nitrogens with one attached hydrogen (secondary N) is 1. The number of ether oxygens (including phenoxy) is 1. The number of carbonyl (C=O) groups excluding carboxylic acids is 1. The molecule has 3 heterocycles. The maximum Gasteiger partial charge on any atom is 0.275 e. The summed E-state index contributed by atoms with van der Waals surface area (Å²) >= 11 is 0. The molecule has 0 saturated carbocycles. The third-order valence-corrected chi connectivity index (χ3v) is 5.48. The highest BCUT2D eigenvalue weighted by molar-refractivity contribution is 6.04. The Morgan fingerprint density at radius 2 is 1.79 bits per heavy atom. The zero-order chi connectivity index (χ0) is 19.3. The predicted octanol–water partition coefficient (Wildman–Crippen LogP) is 2.80. The van der Waals surface area contributed by atoms with Crippen LogP contribution in [0.2, 0.25) is 0 Å². The molecule has 7 heteroatoms. The van der Waals surface area contributed by atoms with Crippen LogP contribution in [-0.2, 0) is 4.74 Å². The van der Waals surface area contributed by atoms with Crippen molar-refractivity contribution < 1.29 is 9.53 Å². The minimum absolute atomic E-state index is 0.243. The first-order chi connectivity index (χ1) is 13.7. The normalized spacial score (nSPS) is 18.2. The lowest BCUT2D eigenvalue weighted by molar-refractivity contribution is 0.102. The molecular weight excluding hydrogens is 354 g/mol. The number of aromatic nitrogens is 2. The second kappa shape index (κ2) is 8.56. The second-order valence-corrected chi connectivity index (χ2v) is 7.50. The van der Waals surface area contributed by atoms with Gasteiger partial charge < -0.3 is 19.9 Å². The van der Waals surface area contributed by atoms with Crippen LogP contribution in [0.5, 0.6) is 0 Å². The lowest BCUT2D eigenvalue weighted by atomic mass is 9.99. The number of rotatable bonds is 4. The van der Waals surface area contributed by atoms with Gasteiger partial charge >= 0.3 is 0 Å². The topological polar surface area (TPSA) is 70.6 Å². The van der Waals surface area contributed by atoms with Crippen LogP contribution in [-0.4, -0.2) is 55.3 Å². The number of nitrogens with zero attached hydrogens (tertiary/aromatic N) is 4. The van der Waals surface area contributed by atoms with E-state index in [1.807, 2.05) is 24.3 Å². The number of hydrogen-bond donors (Lipinski definition) is 1. The number of anilines is 3. The summed E-state index contributed by atoms with van der Waals surface area (Å²) in [6.45, 7) is 7.30. The van der Waals surface area contributed by atoms with Gasteiger partial charge in [-0.05, 0) is 30.9 Å². The smallest absolute Gasteiger partial charge is 0.275 e. The van der Waals surface area contributed by atoms with Gasteiger partial charge in [-0.3, -0.25) is 4.79 Å². The van der Waals surface area contributed by atoms with Crippen LogP contribution in [0.3, 0.4) is 0 Å². The van der Waals surface area contributed by atoms with Gasteiger partial charge in [-0.1, -0.05) is 19.1 Å². The molecule has 2 saturated heterocycles. The molecular formula is C21H27N5O2. The van der Waals surface area contributed by atoms with Crippen molar-refractivity contribution in [3.05, 3.63) is 42.4 Å². The maximum absolute atomic E-state index is 12.7. The third-order valence-electron chi connectivity index (χ3n) is 5.48. The Morgan fingerprint density at radius 3 is 2.50 bits per heavy atom. The Balaban J connectivity index is 1.44. The van der Waals surface area contributed by atoms with Crippen molar-refractivity contribution in [2.75, 3.05) is 54.5 Å². The van der Waals surface area contributed by atoms with Gasteiger partial charge in [-0.2, -0.15) is 0 Å². The van der Waals surface area contributed by atoms with Crippen molar-refractivity contribution >= 4 is 23.1 Å². The first-order valence-corrected chi connectivity index (χ1v) is 10.0. The fourth-order valence-electron chi connectivity index (χ4n) is 3.69. The molecule has 1 amide bonds. The van der Waals surface area contributed by atoms with Gasteiger partial charge in [-0.15, -0.1) is 0 Å². The minimum atomic E-state index is -0.243. The van der Waals surface area contributed by atoms with Crippen LogP contribution in [0.15, 0.2) is 36.7 Å². The molecule has 0 atom stereocenters. The fourth-order valence-corrected chi connectivity index (χ4v) is 3.69. The molecule has 2 aliphatic heterocycles. The van der Waals surface area contributed by atoms with Crippen LogP contribution in [0.25, 0.3) is 0 Å². The minimum Gasteiger partial charge on any atom is -0.378 e. The molecule has 0 unspecified atom stereocenters. The Morgan fingerprint density at radius 1 is 1.04 bits per heavy atom. The lowest BCUT2D eigenvalue weighted by Gasteiger charge is -2.31. The molecule has 1 aromatic carbocycles. The number of hydrogen-bond acceptors (Lipinski definition) is 6. The van der Waals surface area contributed by atoms with Crippen molar-refractivity contribution in [3.63, 3.8) is 0 Å². The monoisotopic (exact) mass is 381 g/mol. The summed E-state index contributed by atoms with van der Waals surface area (Å²) in [7, 11) is 0. The van der Waals surface area contributed by atoms with E-state index in [4.69, 9.17) is 4.74 Å². The van der Waals surface area contributed by atoms with E-state index in [1.165, 1.54) is 12.8 Å². The van der Waals surface area contributed by atoms with E-state index in [2.05, 4.69) is 32.0 Å². The van der Waals surface area contributed by atoms with Gasteiger partial charge in [0.1, 0.15) is 11.5 Å². The quantitative estimate of drug-likeness (QED) is 0.878. The summed E-state index contributed by atoms with van der Waals surface area (Å²) in [5.41, 5.74) is 2.11. The zero-order valence-electron chi connectivity index (χ0n) is 16.3. The van der Waals surface area contributed by atoms with Crippen molar-refractivity contribution in [1.82, 2.24) is 9.97 Å². The third kappa shape index (κ3) is 4.25. The van der Waals surface area contributed by atoms with Crippen molar-refractivity contribution in [3.8, 4) is 0 Å². The molecule has 2 aromatic rings. The second-order valence-electron chi connectivity index (χ2n) is 7.50. The maximum atomic E-state index is 12.7. The van der Waals surface area contributed by atoms with Gasteiger partial charge in [0.15, 0.2) is 0 Å². The Bertz CT molecular complexity index is 797. The van der Waals surface area contributed by atoms with Crippen molar-refractivity contribution in [2.24, 2.45) is 5.92 Å². The zero-order valence-corrected chi connectivity index (χ0v) is 16.3. The predicted molar refractivity (Wildman–Crippen MR) is 110 cm³/mol. The SMILES string of the molecule is CC1CCN(c2cnc(C(=O)Nc3ccccc3N3CCOCC3)cn2)CC1. The standard InChI is InChI=1S/C21H27N5O2/c1-16-6-8-26(9-7-16)20-15-22-18(14-23-20)21(27)24-17-4-2-3-5-19(17)25-10-12-28-13-11-25/h2-5,14-16H,6-13H2,1H3,(H,24,27). The molecule has 148 valence electrons. The van der Waals surface area contributed by atoms with E-state index >= 15 is 0 Å². The largest absolute Gasteiger partial charge is 0.378 e. The molecule has 0 bridgehead atoms. The number of carbonyl (C=O) groups is 1. The van der Waals surface area contributed by atoms with Gasteiger partial charge in [-0.25, -0.2) is 9.97 Å². The molecule has 7 nitrogen and oxygen atoms in total. The van der Waals surface area contributed by atoms with Crippen LogP contribution >= 0.6 is 0 Å². The van der Waals surface area contributed by atoms with Crippen molar-refractivity contribution in [2.45, 2.75) is 19.8 Å². The average molecular weight is 381 g/mol. The van der Waals surface area contributed by atoms with E-state index in [0.29, 0.717) is 18.9 Å². The van der Waals surface area contributed by atoms with E-state index < -0.39 is 0 Å². The van der Waals surface area contributed by atoms with Gasteiger partial charge in [0.05, 0.1) is 37.0 Å². The summed E-state index contributed by atoms with van der Waals surface area (Å²) in [5, 5.41) is 2.99. The number of para-hydroxylation sites is 2. The Labute approximate surface area is 165 Å². The van der Waals surface area contributed by atoms with Crippen molar-refractivity contribution in [1.29, 1.82) is 0 Å². The Kier molecular flexibility index (Phi) is 5.71. The summed E-state index contributed by atoms with van der Waals surface area (Å²) in [6.07, 6.45) is 5.61. The first kappa shape index (κ1) is 18.7. The molecule has 2 fully saturated rings. The molecule has 4 rings (SSSR count). The molecule has 2 aliphatic rings. The first-order valence-electron chi connectivity index (χ1n) is 10.0.